The van der Waals surface area contributed by atoms with Crippen LogP contribution in [0.4, 0.5) is 0 Å². The summed E-state index contributed by atoms with van der Waals surface area (Å²) in [6.07, 6.45) is 0. The summed E-state index contributed by atoms with van der Waals surface area (Å²) in [6.45, 7) is 3.83. The Balaban J connectivity index is 0.00000196. The Morgan fingerprint density at radius 1 is 1.27 bits per heavy atom. The zero-order chi connectivity index (χ0) is 10.7. The van der Waals surface area contributed by atoms with Gasteiger partial charge in [0.25, 0.3) is 0 Å². The second-order valence-electron chi connectivity index (χ2n) is 3.61. The number of carboxylic acids is 1. The van der Waals surface area contributed by atoms with Gasteiger partial charge in [-0.1, -0.05) is 41.9 Å². The fourth-order valence-corrected chi connectivity index (χ4v) is 1.75. The Bertz CT molecular complexity index is 322. The molecule has 1 aromatic carbocycles. The van der Waals surface area contributed by atoms with Gasteiger partial charge in [0.15, 0.2) is 0 Å². The average molecular weight is 294 g/mol. The van der Waals surface area contributed by atoms with Crippen LogP contribution in [0.1, 0.15) is 25.3 Å². The minimum Gasteiger partial charge on any atom is -0.481 e. The second-order valence-corrected chi connectivity index (χ2v) is 4.53. The molecule has 0 heterocycles. The summed E-state index contributed by atoms with van der Waals surface area (Å²) in [4.78, 5) is 11.0. The van der Waals surface area contributed by atoms with E-state index in [1.807, 2.05) is 38.1 Å². The second kappa shape index (κ2) is 6.13. The van der Waals surface area contributed by atoms with Gasteiger partial charge in [-0.3, -0.25) is 4.79 Å². The molecule has 2 nitrogen and oxygen atoms in total. The highest BCUT2D eigenvalue weighted by Crippen LogP contribution is 2.25. The van der Waals surface area contributed by atoms with Crippen molar-refractivity contribution in [2.24, 2.45) is 5.92 Å². The van der Waals surface area contributed by atoms with E-state index >= 15 is 0 Å². The normalized spacial score (nSPS) is 12.0. The standard InChI is InChI=1S/C11H13BrO2.ClH/c1-7(2)10(11(13)14)8-3-5-9(12)6-4-8;/h3-7,10H,1-2H3,(H,13,14);1H. The van der Waals surface area contributed by atoms with Crippen LogP contribution >= 0.6 is 28.3 Å². The average Bonchev–Trinajstić information content (AvgIpc) is 2.07. The monoisotopic (exact) mass is 292 g/mol. The first-order valence-corrected chi connectivity index (χ1v) is 5.30. The largest absolute Gasteiger partial charge is 0.481 e. The van der Waals surface area contributed by atoms with Gasteiger partial charge in [0.05, 0.1) is 5.92 Å². The van der Waals surface area contributed by atoms with E-state index in [2.05, 4.69) is 15.9 Å². The van der Waals surface area contributed by atoms with Gasteiger partial charge in [0, 0.05) is 4.47 Å². The van der Waals surface area contributed by atoms with Gasteiger partial charge in [0.1, 0.15) is 0 Å². The molecule has 0 aromatic heterocycles. The van der Waals surface area contributed by atoms with Crippen LogP contribution < -0.4 is 0 Å². The van der Waals surface area contributed by atoms with Crippen molar-refractivity contribution >= 4 is 34.3 Å². The van der Waals surface area contributed by atoms with E-state index in [1.54, 1.807) is 0 Å². The lowest BCUT2D eigenvalue weighted by Gasteiger charge is -2.16. The van der Waals surface area contributed by atoms with Crippen LogP contribution in [-0.4, -0.2) is 11.1 Å². The fraction of sp³-hybridized carbons (Fsp3) is 0.364. The molecule has 0 aliphatic carbocycles. The maximum Gasteiger partial charge on any atom is 0.311 e. The number of benzene rings is 1. The van der Waals surface area contributed by atoms with E-state index in [0.29, 0.717) is 0 Å². The van der Waals surface area contributed by atoms with Crippen LogP contribution in [0.15, 0.2) is 28.7 Å². The molecule has 1 rings (SSSR count). The van der Waals surface area contributed by atoms with Crippen molar-refractivity contribution in [1.82, 2.24) is 0 Å². The zero-order valence-corrected chi connectivity index (χ0v) is 11.0. The molecule has 84 valence electrons. The molecule has 0 aliphatic rings. The maximum absolute atomic E-state index is 11.0. The van der Waals surface area contributed by atoms with E-state index < -0.39 is 11.9 Å². The van der Waals surface area contributed by atoms with Crippen molar-refractivity contribution in [2.75, 3.05) is 0 Å². The molecule has 0 aliphatic heterocycles. The molecule has 0 saturated carbocycles. The molecule has 0 saturated heterocycles. The third kappa shape index (κ3) is 3.84. The third-order valence-electron chi connectivity index (χ3n) is 2.16. The molecule has 0 amide bonds. The lowest BCUT2D eigenvalue weighted by Crippen LogP contribution is -2.17. The molecular weight excluding hydrogens is 279 g/mol. The smallest absolute Gasteiger partial charge is 0.311 e. The fourth-order valence-electron chi connectivity index (χ4n) is 1.48. The van der Waals surface area contributed by atoms with Gasteiger partial charge >= 0.3 is 5.97 Å². The first-order valence-electron chi connectivity index (χ1n) is 4.50. The van der Waals surface area contributed by atoms with Crippen molar-refractivity contribution in [2.45, 2.75) is 19.8 Å². The Hall–Kier alpha value is -0.540. The Morgan fingerprint density at radius 2 is 1.73 bits per heavy atom. The van der Waals surface area contributed by atoms with Crippen molar-refractivity contribution in [3.8, 4) is 0 Å². The first kappa shape index (κ1) is 14.5. The molecule has 0 radical (unpaired) electrons. The Morgan fingerprint density at radius 3 is 2.07 bits per heavy atom. The van der Waals surface area contributed by atoms with Gasteiger partial charge in [0.2, 0.25) is 0 Å². The molecule has 1 unspecified atom stereocenters. The van der Waals surface area contributed by atoms with Gasteiger partial charge in [-0.15, -0.1) is 12.4 Å². The summed E-state index contributed by atoms with van der Waals surface area (Å²) < 4.78 is 0.967. The highest BCUT2D eigenvalue weighted by Gasteiger charge is 2.22. The van der Waals surface area contributed by atoms with E-state index in [-0.39, 0.29) is 18.3 Å². The quantitative estimate of drug-likeness (QED) is 0.923. The topological polar surface area (TPSA) is 37.3 Å². The number of rotatable bonds is 3. The molecule has 0 bridgehead atoms. The van der Waals surface area contributed by atoms with Crippen LogP contribution in [-0.2, 0) is 4.79 Å². The number of hydrogen-bond acceptors (Lipinski definition) is 1. The number of hydrogen-bond donors (Lipinski definition) is 1. The summed E-state index contributed by atoms with van der Waals surface area (Å²) in [5.74, 6) is -1.07. The molecule has 1 atom stereocenters. The van der Waals surface area contributed by atoms with Gasteiger partial charge < -0.3 is 5.11 Å². The SMILES string of the molecule is CC(C)C(C(=O)O)c1ccc(Br)cc1.Cl. The summed E-state index contributed by atoms with van der Waals surface area (Å²) in [5, 5.41) is 9.05. The summed E-state index contributed by atoms with van der Waals surface area (Å²) >= 11 is 3.32. The van der Waals surface area contributed by atoms with E-state index in [0.717, 1.165) is 10.0 Å². The Kier molecular flexibility index (Phi) is 5.91. The highest BCUT2D eigenvalue weighted by atomic mass is 79.9. The molecule has 0 spiro atoms. The predicted molar refractivity (Wildman–Crippen MR) is 66.6 cm³/mol. The molecule has 15 heavy (non-hydrogen) atoms. The van der Waals surface area contributed by atoms with E-state index in [9.17, 15) is 4.79 Å². The minimum atomic E-state index is -0.762. The molecule has 0 fully saturated rings. The maximum atomic E-state index is 11.0. The predicted octanol–water partition coefficient (Wildman–Crippen LogP) is 3.70. The van der Waals surface area contributed by atoms with Crippen molar-refractivity contribution in [1.29, 1.82) is 0 Å². The first-order chi connectivity index (χ1) is 6.52. The van der Waals surface area contributed by atoms with E-state index in [4.69, 9.17) is 5.11 Å². The Labute approximate surface area is 104 Å². The molecule has 4 heteroatoms. The van der Waals surface area contributed by atoms with E-state index in [1.165, 1.54) is 0 Å². The number of halogens is 2. The van der Waals surface area contributed by atoms with Crippen molar-refractivity contribution < 1.29 is 9.90 Å². The molecule has 1 N–H and O–H groups in total. The molecule has 1 aromatic rings. The lowest BCUT2D eigenvalue weighted by atomic mass is 9.89. The summed E-state index contributed by atoms with van der Waals surface area (Å²) in [5.41, 5.74) is 0.857. The van der Waals surface area contributed by atoms with Gasteiger partial charge in [-0.2, -0.15) is 0 Å². The number of aliphatic carboxylic acids is 1. The van der Waals surface area contributed by atoms with Gasteiger partial charge in [-0.25, -0.2) is 0 Å². The molecular formula is C11H14BrClO2. The minimum absolute atomic E-state index is 0. The summed E-state index contributed by atoms with van der Waals surface area (Å²) in [7, 11) is 0. The summed E-state index contributed by atoms with van der Waals surface area (Å²) in [6, 6.07) is 7.44. The van der Waals surface area contributed by atoms with Crippen LogP contribution in [0, 0.1) is 5.92 Å². The van der Waals surface area contributed by atoms with Crippen LogP contribution in [0.5, 0.6) is 0 Å². The van der Waals surface area contributed by atoms with Crippen LogP contribution in [0.3, 0.4) is 0 Å². The van der Waals surface area contributed by atoms with Crippen LogP contribution in [0.2, 0.25) is 0 Å². The van der Waals surface area contributed by atoms with Gasteiger partial charge in [-0.05, 0) is 23.6 Å². The third-order valence-corrected chi connectivity index (χ3v) is 2.69. The zero-order valence-electron chi connectivity index (χ0n) is 8.61. The number of carboxylic acid groups (broad SMARTS) is 1. The highest BCUT2D eigenvalue weighted by molar-refractivity contribution is 9.10. The van der Waals surface area contributed by atoms with Crippen LogP contribution in [0.25, 0.3) is 0 Å². The number of carbonyl (C=O) groups is 1. The van der Waals surface area contributed by atoms with Crippen molar-refractivity contribution in [3.63, 3.8) is 0 Å². The lowest BCUT2D eigenvalue weighted by molar-refractivity contribution is -0.139. The van der Waals surface area contributed by atoms with Crippen molar-refractivity contribution in [3.05, 3.63) is 34.3 Å².